The van der Waals surface area contributed by atoms with Crippen molar-refractivity contribution in [2.75, 3.05) is 100 Å². The third kappa shape index (κ3) is 22.4. The van der Waals surface area contributed by atoms with Crippen molar-refractivity contribution in [3.8, 4) is 0 Å². The maximum Gasteiger partial charge on any atom is 0.280 e. The average molecular weight is 1890 g/mol. The van der Waals surface area contributed by atoms with E-state index < -0.39 is 45.3 Å². The summed E-state index contributed by atoms with van der Waals surface area (Å²) in [6.45, 7) is 6.82. The van der Waals surface area contributed by atoms with Crippen molar-refractivity contribution >= 4 is 138 Å². The van der Waals surface area contributed by atoms with Crippen LogP contribution in [0.25, 0.3) is 44.1 Å². The Morgan fingerprint density at radius 3 is 0.942 bits per heavy atom. The molecule has 8 aliphatic rings. The van der Waals surface area contributed by atoms with Gasteiger partial charge < -0.3 is 59.1 Å². The number of hydroxylamine groups is 4. The van der Waals surface area contributed by atoms with Gasteiger partial charge in [0.15, 0.2) is 0 Å². The van der Waals surface area contributed by atoms with Gasteiger partial charge in [-0.05, 0) is 180 Å². The number of hydrogen-bond acceptors (Lipinski definition) is 28. The molecule has 0 atom stereocenters. The van der Waals surface area contributed by atoms with Gasteiger partial charge >= 0.3 is 0 Å². The Bertz CT molecular complexity index is 6780. The van der Waals surface area contributed by atoms with E-state index >= 15 is 0 Å². The van der Waals surface area contributed by atoms with Gasteiger partial charge in [0.2, 0.25) is 57.3 Å². The minimum Gasteiger partial charge on any atom is -0.372 e. The summed E-state index contributed by atoms with van der Waals surface area (Å²) in [5.41, 5.74) is 16.6. The molecule has 0 radical (unpaired) electrons. The number of rotatable bonds is 27. The van der Waals surface area contributed by atoms with Gasteiger partial charge in [0.05, 0.1) is 50.0 Å². The van der Waals surface area contributed by atoms with Crippen molar-refractivity contribution in [3.05, 3.63) is 226 Å². The van der Waals surface area contributed by atoms with Crippen LogP contribution in [-0.4, -0.2) is 188 Å². The van der Waals surface area contributed by atoms with Gasteiger partial charge in [-0.15, -0.1) is 0 Å². The SMILES string of the molecule is CONC(=O)c1cn(C2CCCC2)c2nc(Nc3ccc(C(=O)N4CCCC4)cc3)ncc2c1=O.CONC(=O)c1cn(C2CCCC2)c2nc(Nc3ccc(CCN4CCCC4=O)cc3)ncc2c1=O.CONC(=O)c1cn(C2CCCC2)c2nc(Nc3ccc(CN4CCCC4=O)cc3)ncc2c1=O.CONC(=O)c1cn(C2CCCC2)c2nc(Nc3ccc(N4CCCC4)cc3)ncc2c1=O. The first-order valence-corrected chi connectivity index (χ1v) is 47.8. The summed E-state index contributed by atoms with van der Waals surface area (Å²) in [4.78, 5) is 201. The van der Waals surface area contributed by atoms with Crippen LogP contribution in [0.1, 0.15) is 241 Å². The summed E-state index contributed by atoms with van der Waals surface area (Å²) in [7, 11) is 5.32. The monoisotopic (exact) mass is 1890 g/mol. The lowest BCUT2D eigenvalue weighted by atomic mass is 10.1. The van der Waals surface area contributed by atoms with Crippen molar-refractivity contribution in [3.63, 3.8) is 0 Å². The molecule has 39 nitrogen and oxygen atoms in total. The molecule has 724 valence electrons. The molecular formula is C100H114N24O15. The number of nitrogens with one attached hydrogen (secondary N) is 8. The lowest BCUT2D eigenvalue weighted by Crippen LogP contribution is -2.30. The molecule has 12 heterocycles. The van der Waals surface area contributed by atoms with E-state index in [1.807, 2.05) is 106 Å². The Hall–Kier alpha value is -14.8. The summed E-state index contributed by atoms with van der Waals surface area (Å²) in [6, 6.07) is 31.9. The van der Waals surface area contributed by atoms with E-state index in [1.165, 1.54) is 71.8 Å². The molecule has 4 saturated heterocycles. The third-order valence-electron chi connectivity index (χ3n) is 26.9. The smallest absolute Gasteiger partial charge is 0.280 e. The van der Waals surface area contributed by atoms with Crippen LogP contribution in [0.2, 0.25) is 0 Å². The molecule has 4 aliphatic heterocycles. The molecular weight excluding hydrogens is 1780 g/mol. The zero-order chi connectivity index (χ0) is 96.6. The van der Waals surface area contributed by atoms with Crippen molar-refractivity contribution < 1.29 is 52.9 Å². The van der Waals surface area contributed by atoms with E-state index in [-0.39, 0.29) is 74.9 Å². The summed E-state index contributed by atoms with van der Waals surface area (Å²) in [5, 5.41) is 14.0. The van der Waals surface area contributed by atoms with Crippen molar-refractivity contribution in [1.29, 1.82) is 0 Å². The lowest BCUT2D eigenvalue weighted by molar-refractivity contribution is -0.128. The molecule has 4 saturated carbocycles. The zero-order valence-corrected chi connectivity index (χ0v) is 78.3. The number of hydrogen-bond donors (Lipinski definition) is 8. The normalized spacial score (nSPS) is 16.2. The van der Waals surface area contributed by atoms with E-state index in [4.69, 9.17) is 19.4 Å². The molecule has 39 heteroatoms. The molecule has 0 spiro atoms. The molecule has 8 aromatic heterocycles. The minimum absolute atomic E-state index is 0.00244. The van der Waals surface area contributed by atoms with E-state index in [9.17, 15) is 52.7 Å². The van der Waals surface area contributed by atoms with Gasteiger partial charge in [0.1, 0.15) is 44.8 Å². The second-order valence-corrected chi connectivity index (χ2v) is 36.0. The third-order valence-corrected chi connectivity index (χ3v) is 26.9. The van der Waals surface area contributed by atoms with Crippen molar-refractivity contribution in [1.82, 2.24) is 94.8 Å². The number of carbonyl (C=O) groups is 7. The summed E-state index contributed by atoms with van der Waals surface area (Å²) in [6.07, 6.45) is 37.2. The first-order valence-electron chi connectivity index (χ1n) is 47.8. The first kappa shape index (κ1) is 95.9. The van der Waals surface area contributed by atoms with Crippen molar-refractivity contribution in [2.24, 2.45) is 0 Å². The van der Waals surface area contributed by atoms with Gasteiger partial charge in [0.25, 0.3) is 29.5 Å². The second kappa shape index (κ2) is 44.5. The van der Waals surface area contributed by atoms with Crippen LogP contribution in [0.15, 0.2) is 166 Å². The predicted octanol–water partition coefficient (Wildman–Crippen LogP) is 12.9. The number of benzene rings is 4. The number of fused-ring (bicyclic) bond motifs is 4. The maximum atomic E-state index is 13.0. The largest absolute Gasteiger partial charge is 0.372 e. The number of pyridine rings is 4. The fourth-order valence-corrected chi connectivity index (χ4v) is 19.6. The summed E-state index contributed by atoms with van der Waals surface area (Å²) >= 11 is 0. The Kier molecular flexibility index (Phi) is 30.7. The summed E-state index contributed by atoms with van der Waals surface area (Å²) in [5.74, 6) is -0.390. The van der Waals surface area contributed by atoms with Crippen LogP contribution in [0.4, 0.5) is 52.2 Å². The lowest BCUT2D eigenvalue weighted by Gasteiger charge is -2.19. The molecule has 0 bridgehead atoms. The number of amides is 7. The number of nitrogens with zero attached hydrogens (tertiary/aromatic N) is 16. The number of anilines is 9. The molecule has 8 fully saturated rings. The highest BCUT2D eigenvalue weighted by molar-refractivity contribution is 6.00. The topological polar surface area (TPSA) is 457 Å². The van der Waals surface area contributed by atoms with Crippen LogP contribution in [0.3, 0.4) is 0 Å². The molecule has 20 rings (SSSR count). The maximum absolute atomic E-state index is 13.0. The quantitative estimate of drug-likeness (QED) is 0.0222. The van der Waals surface area contributed by atoms with Crippen LogP contribution in [-0.2, 0) is 41.9 Å². The molecule has 4 aromatic carbocycles. The van der Waals surface area contributed by atoms with E-state index in [0.29, 0.717) is 82.1 Å². The number of aromatic nitrogens is 12. The minimum atomic E-state index is -0.600. The van der Waals surface area contributed by atoms with Crippen LogP contribution in [0, 0.1) is 0 Å². The van der Waals surface area contributed by atoms with E-state index in [2.05, 4.69) is 100 Å². The van der Waals surface area contributed by atoms with Crippen LogP contribution >= 0.6 is 0 Å². The van der Waals surface area contributed by atoms with Crippen LogP contribution in [0.5, 0.6) is 0 Å². The van der Waals surface area contributed by atoms with Crippen LogP contribution < -0.4 is 69.8 Å². The van der Waals surface area contributed by atoms with Gasteiger partial charge in [-0.25, -0.2) is 41.9 Å². The molecule has 0 unspecified atom stereocenters. The predicted molar refractivity (Wildman–Crippen MR) is 523 cm³/mol. The number of carbonyl (C=O) groups excluding carboxylic acids is 7. The van der Waals surface area contributed by atoms with E-state index in [1.54, 1.807) is 36.9 Å². The summed E-state index contributed by atoms with van der Waals surface area (Å²) < 4.78 is 7.73. The molecule has 12 aromatic rings. The first-order chi connectivity index (χ1) is 67.7. The molecule has 7 amide bonds. The van der Waals surface area contributed by atoms with Gasteiger partial charge in [0, 0.05) is 173 Å². The highest BCUT2D eigenvalue weighted by atomic mass is 16.7. The van der Waals surface area contributed by atoms with Gasteiger partial charge in [-0.3, -0.25) is 72.1 Å². The standard InChI is InChI=1S/C26H30N6O4.2C25H28N6O4.C24H28N6O3/c1-36-30-25(35)21-16-32(19-5-2-3-6-19)24-20(23(21)34)15-27-26(29-24)28-18-10-8-17(9-11-18)12-14-31-13-4-7-22(31)33;1-35-29-23(33)20-15-31(18-6-2-3-7-18)22-19(21(20)32)14-26-25(28-22)27-17-10-8-16(9-11-17)24(34)30-12-4-5-13-30;1-35-29-24(34)20-15-31(18-5-2-3-6-18)23-19(22(20)33)13-26-25(28-23)27-17-10-8-16(9-11-17)14-30-12-4-7-21(30)32;1-33-28-23(32)20-15-30(18-6-2-3-7-18)22-19(21(20)31)14-25-24(27-22)26-16-8-10-17(11-9-16)29-12-4-5-13-29/h8-11,15-16,19H,2-7,12-14H2,1H3,(H,30,35)(H,27,28,29);8-11,14-15,18H,2-7,12-13H2,1H3,(H,29,33)(H,26,27,28);8-11,13,15,18H,2-7,12,14H2,1H3,(H,29,34)(H,26,27,28);8-11,14-15,18H,2-7,12-13H2,1H3,(H,28,32)(H,25,26,27). The Morgan fingerprint density at radius 1 is 0.338 bits per heavy atom. The molecule has 4 aliphatic carbocycles. The Labute approximate surface area is 799 Å². The average Bonchev–Trinajstić information content (AvgIpc) is 1.61. The molecule has 8 N–H and O–H groups in total. The zero-order valence-electron chi connectivity index (χ0n) is 78.3. The fourth-order valence-electron chi connectivity index (χ4n) is 19.6. The van der Waals surface area contributed by atoms with Crippen molar-refractivity contribution in [2.45, 2.75) is 191 Å². The number of likely N-dealkylation sites (tertiary alicyclic amines) is 3. The van der Waals surface area contributed by atoms with E-state index in [0.717, 1.165) is 215 Å². The second-order valence-electron chi connectivity index (χ2n) is 36.0. The molecule has 139 heavy (non-hydrogen) atoms. The Morgan fingerprint density at radius 2 is 0.633 bits per heavy atom. The Balaban J connectivity index is 0.000000128. The highest BCUT2D eigenvalue weighted by Crippen LogP contribution is 2.38. The highest BCUT2D eigenvalue weighted by Gasteiger charge is 2.32. The van der Waals surface area contributed by atoms with Gasteiger partial charge in [-0.2, -0.15) is 19.9 Å². The fraction of sp³-hybridized carbons (Fsp3) is 0.410. The van der Waals surface area contributed by atoms with Gasteiger partial charge in [-0.1, -0.05) is 75.6 Å².